The molecule has 0 heterocycles. The number of carbonyl (C=O) groups excluding carboxylic acids is 2. The number of hydrogen-bond acceptors (Lipinski definition) is 5. The molecule has 1 aromatic carbocycles. The van der Waals surface area contributed by atoms with Crippen molar-refractivity contribution in [1.29, 1.82) is 0 Å². The largest absolute Gasteiger partial charge is 0.454 e. The molecule has 0 aliphatic rings. The van der Waals surface area contributed by atoms with E-state index < -0.39 is 21.4 Å². The van der Waals surface area contributed by atoms with Gasteiger partial charge in [-0.15, -0.1) is 0 Å². The zero-order chi connectivity index (χ0) is 17.1. The van der Waals surface area contributed by atoms with Crippen molar-refractivity contribution in [1.82, 2.24) is 4.72 Å². The molecule has 0 radical (unpaired) electrons. The van der Waals surface area contributed by atoms with Crippen LogP contribution < -0.4 is 4.72 Å². The Bertz CT molecular complexity index is 692. The van der Waals surface area contributed by atoms with Crippen molar-refractivity contribution < 1.29 is 22.7 Å². The van der Waals surface area contributed by atoms with E-state index in [-0.39, 0.29) is 27.9 Å². The van der Waals surface area contributed by atoms with Gasteiger partial charge in [-0.3, -0.25) is 4.79 Å². The van der Waals surface area contributed by atoms with Crippen LogP contribution in [0.15, 0.2) is 23.1 Å². The molecule has 22 heavy (non-hydrogen) atoms. The Balaban J connectivity index is 2.97. The number of carbonyl (C=O) groups is 2. The number of halogens is 1. The standard InChI is InChI=1S/C14H18ClNO5S/c1-14(2,3)12(17)8-21-13(18)9-5-6-10(15)11(7-9)22(19,20)16-4/h5-7,16H,8H2,1-4H3. The van der Waals surface area contributed by atoms with Crippen LogP contribution >= 0.6 is 11.6 Å². The topological polar surface area (TPSA) is 89.5 Å². The zero-order valence-electron chi connectivity index (χ0n) is 12.8. The number of nitrogens with one attached hydrogen (secondary N) is 1. The number of Topliss-reactive ketones (excluding diaryl/α,β-unsaturated/α-hetero) is 1. The molecule has 0 aromatic heterocycles. The van der Waals surface area contributed by atoms with Gasteiger partial charge in [0, 0.05) is 5.41 Å². The Labute approximate surface area is 134 Å². The summed E-state index contributed by atoms with van der Waals surface area (Å²) in [5.74, 6) is -1.03. The highest BCUT2D eigenvalue weighted by atomic mass is 35.5. The van der Waals surface area contributed by atoms with E-state index in [9.17, 15) is 18.0 Å². The predicted octanol–water partition coefficient (Wildman–Crippen LogP) is 2.02. The summed E-state index contributed by atoms with van der Waals surface area (Å²) in [4.78, 5) is 23.4. The number of benzene rings is 1. The normalized spacial score (nSPS) is 12.0. The molecule has 0 aliphatic carbocycles. The Morgan fingerprint density at radius 3 is 2.36 bits per heavy atom. The van der Waals surface area contributed by atoms with Crippen LogP contribution in [0.1, 0.15) is 31.1 Å². The molecule has 0 bridgehead atoms. The van der Waals surface area contributed by atoms with Crippen LogP contribution in [0.3, 0.4) is 0 Å². The van der Waals surface area contributed by atoms with Crippen LogP contribution in [-0.2, 0) is 19.6 Å². The minimum atomic E-state index is -3.80. The Hall–Kier alpha value is -1.44. The van der Waals surface area contributed by atoms with Crippen molar-refractivity contribution >= 4 is 33.4 Å². The highest BCUT2D eigenvalue weighted by Crippen LogP contribution is 2.23. The molecule has 6 nitrogen and oxygen atoms in total. The maximum atomic E-state index is 11.9. The van der Waals surface area contributed by atoms with Gasteiger partial charge in [0.05, 0.1) is 10.6 Å². The number of esters is 1. The summed E-state index contributed by atoms with van der Waals surface area (Å²) in [6.45, 7) is 4.76. The first-order valence-electron chi connectivity index (χ1n) is 6.42. The quantitative estimate of drug-likeness (QED) is 0.823. The van der Waals surface area contributed by atoms with Gasteiger partial charge in [-0.1, -0.05) is 32.4 Å². The zero-order valence-corrected chi connectivity index (χ0v) is 14.3. The summed E-state index contributed by atoms with van der Waals surface area (Å²) >= 11 is 5.83. The van der Waals surface area contributed by atoms with Gasteiger partial charge in [0.15, 0.2) is 12.4 Å². The molecule has 0 saturated carbocycles. The van der Waals surface area contributed by atoms with Crippen molar-refractivity contribution in [2.24, 2.45) is 5.41 Å². The Kier molecular flexibility index (Phi) is 5.72. The Morgan fingerprint density at radius 1 is 1.27 bits per heavy atom. The van der Waals surface area contributed by atoms with Gasteiger partial charge >= 0.3 is 5.97 Å². The van der Waals surface area contributed by atoms with Crippen molar-refractivity contribution in [3.8, 4) is 0 Å². The van der Waals surface area contributed by atoms with Crippen molar-refractivity contribution in [2.45, 2.75) is 25.7 Å². The molecular weight excluding hydrogens is 330 g/mol. The van der Waals surface area contributed by atoms with Crippen LogP contribution in [-0.4, -0.2) is 33.8 Å². The number of ketones is 1. The fourth-order valence-electron chi connectivity index (χ4n) is 1.38. The fraction of sp³-hybridized carbons (Fsp3) is 0.429. The Morgan fingerprint density at radius 2 is 1.86 bits per heavy atom. The van der Waals surface area contributed by atoms with Crippen LogP contribution in [0.5, 0.6) is 0 Å². The lowest BCUT2D eigenvalue weighted by molar-refractivity contribution is -0.129. The summed E-state index contributed by atoms with van der Waals surface area (Å²) in [5, 5.41) is -0.0170. The van der Waals surface area contributed by atoms with Gasteiger partial charge in [0.25, 0.3) is 0 Å². The lowest BCUT2D eigenvalue weighted by atomic mass is 9.91. The first-order chi connectivity index (χ1) is 9.99. The third kappa shape index (κ3) is 4.53. The molecule has 122 valence electrons. The SMILES string of the molecule is CNS(=O)(=O)c1cc(C(=O)OCC(=O)C(C)(C)C)ccc1Cl. The maximum Gasteiger partial charge on any atom is 0.338 e. The maximum absolute atomic E-state index is 11.9. The summed E-state index contributed by atoms with van der Waals surface area (Å²) in [5.41, 5.74) is -0.624. The second kappa shape index (κ2) is 6.76. The number of rotatable bonds is 5. The smallest absolute Gasteiger partial charge is 0.338 e. The van der Waals surface area contributed by atoms with Crippen molar-refractivity contribution in [2.75, 3.05) is 13.7 Å². The monoisotopic (exact) mass is 347 g/mol. The van der Waals surface area contributed by atoms with E-state index in [1.54, 1.807) is 20.8 Å². The lowest BCUT2D eigenvalue weighted by Gasteiger charge is -2.16. The molecule has 0 aliphatic heterocycles. The second-order valence-corrected chi connectivity index (χ2v) is 7.86. The number of ether oxygens (including phenoxy) is 1. The van der Waals surface area contributed by atoms with E-state index in [1.807, 2.05) is 0 Å². The molecule has 1 N–H and O–H groups in total. The molecule has 1 aromatic rings. The molecular formula is C14H18ClNO5S. The van der Waals surface area contributed by atoms with Crippen LogP contribution in [0, 0.1) is 5.41 Å². The van der Waals surface area contributed by atoms with Gasteiger partial charge in [-0.05, 0) is 25.2 Å². The van der Waals surface area contributed by atoms with Crippen LogP contribution in [0.2, 0.25) is 5.02 Å². The third-order valence-electron chi connectivity index (χ3n) is 2.90. The average molecular weight is 348 g/mol. The van der Waals surface area contributed by atoms with Crippen molar-refractivity contribution in [3.05, 3.63) is 28.8 Å². The molecule has 0 fully saturated rings. The average Bonchev–Trinajstić information content (AvgIpc) is 2.43. The summed E-state index contributed by atoms with van der Waals surface area (Å²) in [6, 6.07) is 3.73. The minimum Gasteiger partial charge on any atom is -0.454 e. The van der Waals surface area contributed by atoms with Crippen molar-refractivity contribution in [3.63, 3.8) is 0 Å². The van der Waals surface area contributed by atoms with Crippen LogP contribution in [0.25, 0.3) is 0 Å². The molecule has 0 spiro atoms. The van der Waals surface area contributed by atoms with Gasteiger partial charge in [-0.2, -0.15) is 0 Å². The summed E-state index contributed by atoms with van der Waals surface area (Å²) < 4.78 is 30.6. The lowest BCUT2D eigenvalue weighted by Crippen LogP contribution is -2.26. The first-order valence-corrected chi connectivity index (χ1v) is 8.28. The van der Waals surface area contributed by atoms with E-state index in [4.69, 9.17) is 16.3 Å². The summed E-state index contributed by atoms with van der Waals surface area (Å²) in [7, 11) is -2.56. The van der Waals surface area contributed by atoms with Gasteiger partial charge in [-0.25, -0.2) is 17.9 Å². The molecule has 0 amide bonds. The highest BCUT2D eigenvalue weighted by Gasteiger charge is 2.24. The second-order valence-electron chi connectivity index (χ2n) is 5.60. The number of sulfonamides is 1. The molecule has 8 heteroatoms. The van der Waals surface area contributed by atoms with E-state index >= 15 is 0 Å². The summed E-state index contributed by atoms with van der Waals surface area (Å²) in [6.07, 6.45) is 0. The third-order valence-corrected chi connectivity index (χ3v) is 4.79. The molecule has 1 rings (SSSR count). The van der Waals surface area contributed by atoms with Crippen LogP contribution in [0.4, 0.5) is 0 Å². The van der Waals surface area contributed by atoms with Gasteiger partial charge in [0.2, 0.25) is 10.0 Å². The highest BCUT2D eigenvalue weighted by molar-refractivity contribution is 7.89. The van der Waals surface area contributed by atoms with E-state index in [2.05, 4.69) is 4.72 Å². The van der Waals surface area contributed by atoms with Gasteiger partial charge in [0.1, 0.15) is 4.90 Å². The molecule has 0 saturated heterocycles. The molecule has 0 unspecified atom stereocenters. The van der Waals surface area contributed by atoms with Gasteiger partial charge < -0.3 is 4.74 Å². The number of hydrogen-bond donors (Lipinski definition) is 1. The van der Waals surface area contributed by atoms with E-state index in [0.717, 1.165) is 6.07 Å². The minimum absolute atomic E-state index is 0.0000609. The fourth-order valence-corrected chi connectivity index (χ4v) is 2.63. The van der Waals surface area contributed by atoms with E-state index in [1.165, 1.54) is 19.2 Å². The first kappa shape index (κ1) is 18.6. The predicted molar refractivity (Wildman–Crippen MR) is 82.4 cm³/mol. The van der Waals surface area contributed by atoms with E-state index in [0.29, 0.717) is 0 Å². The molecule has 0 atom stereocenters.